The zero-order valence-electron chi connectivity index (χ0n) is 13.9. The average Bonchev–Trinajstić information content (AvgIpc) is 3.08. The Kier molecular flexibility index (Phi) is 4.55. The summed E-state index contributed by atoms with van der Waals surface area (Å²) >= 11 is 1.71. The molecular formula is C17H27N3OS. The monoisotopic (exact) mass is 321 g/mol. The lowest BCUT2D eigenvalue weighted by atomic mass is 9.67. The normalized spacial score (nSPS) is 27.9. The van der Waals surface area contributed by atoms with Crippen LogP contribution in [0.3, 0.4) is 0 Å². The number of hydrogen-bond acceptors (Lipinski definition) is 4. The number of thiazole rings is 1. The van der Waals surface area contributed by atoms with Gasteiger partial charge in [0.15, 0.2) is 0 Å². The van der Waals surface area contributed by atoms with Crippen molar-refractivity contribution >= 4 is 17.2 Å². The van der Waals surface area contributed by atoms with Crippen molar-refractivity contribution in [1.82, 2.24) is 15.6 Å². The van der Waals surface area contributed by atoms with E-state index < -0.39 is 0 Å². The number of nitrogens with zero attached hydrogens (tertiary/aromatic N) is 1. The molecule has 2 N–H and O–H groups in total. The fraction of sp³-hybridized carbons (Fsp3) is 0.765. The van der Waals surface area contributed by atoms with Gasteiger partial charge < -0.3 is 10.6 Å². The van der Waals surface area contributed by atoms with Crippen molar-refractivity contribution in [3.8, 4) is 0 Å². The minimum atomic E-state index is -0.161. The summed E-state index contributed by atoms with van der Waals surface area (Å²) < 4.78 is 0. The van der Waals surface area contributed by atoms with Gasteiger partial charge in [-0.1, -0.05) is 26.7 Å². The van der Waals surface area contributed by atoms with E-state index in [-0.39, 0.29) is 11.3 Å². The highest BCUT2D eigenvalue weighted by Gasteiger charge is 2.49. The second kappa shape index (κ2) is 6.28. The van der Waals surface area contributed by atoms with Crippen LogP contribution in [-0.4, -0.2) is 24.0 Å². The van der Waals surface area contributed by atoms with Crippen LogP contribution >= 0.6 is 11.3 Å². The zero-order valence-corrected chi connectivity index (χ0v) is 14.7. The van der Waals surface area contributed by atoms with Gasteiger partial charge >= 0.3 is 0 Å². The number of carbonyl (C=O) groups is 1. The molecule has 4 nitrogen and oxygen atoms in total. The van der Waals surface area contributed by atoms with Gasteiger partial charge in [-0.2, -0.15) is 0 Å². The molecule has 2 fully saturated rings. The van der Waals surface area contributed by atoms with Gasteiger partial charge in [0.25, 0.3) is 0 Å². The number of hydrogen-bond donors (Lipinski definition) is 2. The van der Waals surface area contributed by atoms with Gasteiger partial charge in [-0.3, -0.25) is 4.79 Å². The molecule has 122 valence electrons. The Labute approximate surface area is 137 Å². The molecule has 1 aromatic heterocycles. The number of fused-ring (bicyclic) bond motifs is 1. The van der Waals surface area contributed by atoms with E-state index in [9.17, 15) is 4.79 Å². The molecule has 0 unspecified atom stereocenters. The van der Waals surface area contributed by atoms with Crippen molar-refractivity contribution in [1.29, 1.82) is 0 Å². The summed E-state index contributed by atoms with van der Waals surface area (Å²) in [7, 11) is 0. The SMILES string of the molecule is Cc1sc(CNC(=O)[C@@]23CCCC[C@H]2CNC3)nc1C(C)C. The molecule has 2 atom stereocenters. The maximum absolute atomic E-state index is 12.8. The van der Waals surface area contributed by atoms with Gasteiger partial charge in [0.05, 0.1) is 17.7 Å². The quantitative estimate of drug-likeness (QED) is 0.896. The van der Waals surface area contributed by atoms with Gasteiger partial charge in [-0.25, -0.2) is 4.98 Å². The van der Waals surface area contributed by atoms with E-state index >= 15 is 0 Å². The lowest BCUT2D eigenvalue weighted by molar-refractivity contribution is -0.134. The third-order valence-corrected chi connectivity index (χ3v) is 6.30. The number of carbonyl (C=O) groups excluding carboxylic acids is 1. The fourth-order valence-electron chi connectivity index (χ4n) is 4.10. The van der Waals surface area contributed by atoms with Crippen molar-refractivity contribution in [2.24, 2.45) is 11.3 Å². The highest BCUT2D eigenvalue weighted by molar-refractivity contribution is 7.11. The van der Waals surface area contributed by atoms with Crippen LogP contribution in [0, 0.1) is 18.3 Å². The predicted octanol–water partition coefficient (Wildman–Crippen LogP) is 2.97. The third-order valence-electron chi connectivity index (χ3n) is 5.31. The standard InChI is InChI=1S/C17H27N3OS/c1-11(2)15-12(3)22-14(20-15)9-19-16(21)17-7-5-4-6-13(17)8-18-10-17/h11,13,18H,4-10H2,1-3H3,(H,19,21)/t13-,17+/m0/s1. The Morgan fingerprint density at radius 1 is 1.50 bits per heavy atom. The van der Waals surface area contributed by atoms with E-state index in [4.69, 9.17) is 4.98 Å². The zero-order chi connectivity index (χ0) is 15.7. The smallest absolute Gasteiger partial charge is 0.228 e. The molecule has 1 aliphatic carbocycles. The Balaban J connectivity index is 1.66. The molecule has 0 spiro atoms. The van der Waals surface area contributed by atoms with E-state index in [1.807, 2.05) is 0 Å². The van der Waals surface area contributed by atoms with Crippen molar-refractivity contribution in [2.45, 2.75) is 58.9 Å². The van der Waals surface area contributed by atoms with E-state index in [1.54, 1.807) is 11.3 Å². The molecule has 0 bridgehead atoms. The topological polar surface area (TPSA) is 54.0 Å². The van der Waals surface area contributed by atoms with Crippen LogP contribution in [0.15, 0.2) is 0 Å². The molecule has 2 aliphatic rings. The summed E-state index contributed by atoms with van der Waals surface area (Å²) in [5.74, 6) is 1.20. The maximum Gasteiger partial charge on any atom is 0.228 e. The number of nitrogens with one attached hydrogen (secondary N) is 2. The van der Waals surface area contributed by atoms with E-state index in [0.29, 0.717) is 18.4 Å². The molecule has 1 amide bonds. The lowest BCUT2D eigenvalue weighted by Gasteiger charge is -2.37. The molecule has 3 rings (SSSR count). The van der Waals surface area contributed by atoms with Gasteiger partial charge in [0.2, 0.25) is 5.91 Å². The highest BCUT2D eigenvalue weighted by Crippen LogP contribution is 2.43. The van der Waals surface area contributed by atoms with Gasteiger partial charge in [-0.15, -0.1) is 11.3 Å². The summed E-state index contributed by atoms with van der Waals surface area (Å²) in [6.45, 7) is 8.87. The second-order valence-corrected chi connectivity index (χ2v) is 8.40. The van der Waals surface area contributed by atoms with Crippen LogP contribution < -0.4 is 10.6 Å². The Bertz CT molecular complexity index is 554. The van der Waals surface area contributed by atoms with Crippen molar-refractivity contribution in [2.75, 3.05) is 13.1 Å². The Morgan fingerprint density at radius 2 is 2.32 bits per heavy atom. The third kappa shape index (κ3) is 2.81. The summed E-state index contributed by atoms with van der Waals surface area (Å²) in [5.41, 5.74) is 1.01. The summed E-state index contributed by atoms with van der Waals surface area (Å²) in [5, 5.41) is 7.65. The summed E-state index contributed by atoms with van der Waals surface area (Å²) in [6, 6.07) is 0. The van der Waals surface area contributed by atoms with Gasteiger partial charge in [0, 0.05) is 11.4 Å². The maximum atomic E-state index is 12.8. The molecule has 0 aromatic carbocycles. The van der Waals surface area contributed by atoms with Crippen molar-refractivity contribution in [3.05, 3.63) is 15.6 Å². The van der Waals surface area contributed by atoms with Crippen LogP contribution in [-0.2, 0) is 11.3 Å². The van der Waals surface area contributed by atoms with Gasteiger partial charge in [0.1, 0.15) is 5.01 Å². The van der Waals surface area contributed by atoms with Crippen LogP contribution in [0.25, 0.3) is 0 Å². The lowest BCUT2D eigenvalue weighted by Crippen LogP contribution is -2.47. The fourth-order valence-corrected chi connectivity index (χ4v) is 5.13. The number of amides is 1. The van der Waals surface area contributed by atoms with Gasteiger partial charge in [-0.05, 0) is 38.1 Å². The summed E-state index contributed by atoms with van der Waals surface area (Å²) in [6.07, 6.45) is 4.67. The number of aryl methyl sites for hydroxylation is 1. The molecule has 2 heterocycles. The van der Waals surface area contributed by atoms with Crippen LogP contribution in [0.2, 0.25) is 0 Å². The second-order valence-electron chi connectivity index (χ2n) is 7.12. The Morgan fingerprint density at radius 3 is 3.05 bits per heavy atom. The Hall–Kier alpha value is -0.940. The molecule has 1 aliphatic heterocycles. The molecule has 1 aromatic rings. The largest absolute Gasteiger partial charge is 0.349 e. The average molecular weight is 321 g/mol. The minimum Gasteiger partial charge on any atom is -0.349 e. The minimum absolute atomic E-state index is 0.161. The van der Waals surface area contributed by atoms with Crippen LogP contribution in [0.1, 0.15) is 61.0 Å². The number of aromatic nitrogens is 1. The first-order valence-electron chi connectivity index (χ1n) is 8.48. The van der Waals surface area contributed by atoms with E-state index in [1.165, 1.54) is 29.8 Å². The first kappa shape index (κ1) is 15.9. The molecular weight excluding hydrogens is 294 g/mol. The number of rotatable bonds is 4. The van der Waals surface area contributed by atoms with Crippen LogP contribution in [0.5, 0.6) is 0 Å². The molecule has 1 saturated carbocycles. The molecule has 5 heteroatoms. The molecule has 0 radical (unpaired) electrons. The predicted molar refractivity (Wildman–Crippen MR) is 90.0 cm³/mol. The highest BCUT2D eigenvalue weighted by atomic mass is 32.1. The molecule has 22 heavy (non-hydrogen) atoms. The van der Waals surface area contributed by atoms with Crippen molar-refractivity contribution in [3.63, 3.8) is 0 Å². The summed E-state index contributed by atoms with van der Waals surface area (Å²) in [4.78, 5) is 18.8. The van der Waals surface area contributed by atoms with E-state index in [0.717, 1.165) is 24.5 Å². The van der Waals surface area contributed by atoms with Crippen molar-refractivity contribution < 1.29 is 4.79 Å². The molecule has 1 saturated heterocycles. The van der Waals surface area contributed by atoms with E-state index in [2.05, 4.69) is 31.4 Å². The first-order chi connectivity index (χ1) is 10.5. The first-order valence-corrected chi connectivity index (χ1v) is 9.30. The van der Waals surface area contributed by atoms with Crippen LogP contribution in [0.4, 0.5) is 0 Å².